The van der Waals surface area contributed by atoms with Crippen LogP contribution in [0, 0.1) is 0 Å². The Labute approximate surface area is 339 Å². The van der Waals surface area contributed by atoms with Gasteiger partial charge in [-0.1, -0.05) is 149 Å². The van der Waals surface area contributed by atoms with E-state index in [1.807, 2.05) is 6.08 Å². The third kappa shape index (κ3) is 5.93. The van der Waals surface area contributed by atoms with Gasteiger partial charge in [0.05, 0.1) is 17.5 Å². The predicted octanol–water partition coefficient (Wildman–Crippen LogP) is 14.2. The van der Waals surface area contributed by atoms with Gasteiger partial charge in [0.25, 0.3) is 0 Å². The molecule has 1 spiro atoms. The van der Waals surface area contributed by atoms with E-state index in [9.17, 15) is 0 Å². The average Bonchev–Trinajstić information content (AvgIpc) is 3.70. The predicted molar refractivity (Wildman–Crippen MR) is 243 cm³/mol. The lowest BCUT2D eigenvalue weighted by Gasteiger charge is -2.39. The number of anilines is 4. The molecular weight excluding hydrogens is 689 g/mol. The van der Waals surface area contributed by atoms with Crippen LogP contribution in [0.25, 0.3) is 22.3 Å². The van der Waals surface area contributed by atoms with Crippen molar-refractivity contribution in [2.24, 2.45) is 0 Å². The van der Waals surface area contributed by atoms with Gasteiger partial charge in [-0.15, -0.1) is 13.2 Å². The highest BCUT2D eigenvalue weighted by Crippen LogP contribution is 2.64. The third-order valence-electron chi connectivity index (χ3n) is 12.5. The molecule has 3 unspecified atom stereocenters. The van der Waals surface area contributed by atoms with Gasteiger partial charge in [0.15, 0.2) is 0 Å². The third-order valence-corrected chi connectivity index (χ3v) is 12.5. The van der Waals surface area contributed by atoms with Crippen molar-refractivity contribution >= 4 is 22.7 Å². The van der Waals surface area contributed by atoms with E-state index >= 15 is 0 Å². The Morgan fingerprint density at radius 2 is 1.21 bits per heavy atom. The highest BCUT2D eigenvalue weighted by atomic mass is 15.2. The topological polar surface area (TPSA) is 6.48 Å². The molecule has 0 saturated heterocycles. The summed E-state index contributed by atoms with van der Waals surface area (Å²) in [5, 5.41) is 0. The molecule has 9 rings (SSSR count). The number of hydrogen-bond acceptors (Lipinski definition) is 2. The standard InChI is InChI=1S/C55H52N2/c1-7-19-40(9-3)56(41-20-13-10-14-21-41)44-28-32-48-49-33-29-45(57(42-22-15-11-16-23-42)43-24-17-12-18-25-43)37-53(49)55(52(48)36-44)50-34-38(8-2)26-30-46(50)47-31-27-39(35-51(47)55)54(4,5)6/h7,9-18,20,22-37,40-41H,1,3,8,19,21H2,2,4-6H3. The van der Waals surface area contributed by atoms with Crippen molar-refractivity contribution < 1.29 is 0 Å². The Balaban J connectivity index is 1.37. The summed E-state index contributed by atoms with van der Waals surface area (Å²) in [5.41, 5.74) is 17.4. The van der Waals surface area contributed by atoms with Crippen LogP contribution in [0.15, 0.2) is 183 Å². The van der Waals surface area contributed by atoms with E-state index in [1.165, 1.54) is 61.3 Å². The summed E-state index contributed by atoms with van der Waals surface area (Å²) < 4.78 is 0. The number of allylic oxidation sites excluding steroid dienone is 2. The number of nitrogens with zero attached hydrogens (tertiary/aromatic N) is 2. The van der Waals surface area contributed by atoms with Crippen molar-refractivity contribution in [3.8, 4) is 22.3 Å². The minimum absolute atomic E-state index is 0.0234. The quantitative estimate of drug-likeness (QED) is 0.129. The van der Waals surface area contributed by atoms with Gasteiger partial charge < -0.3 is 9.80 Å². The van der Waals surface area contributed by atoms with Crippen molar-refractivity contribution in [1.82, 2.24) is 0 Å². The van der Waals surface area contributed by atoms with E-state index in [0.717, 1.165) is 36.3 Å². The molecule has 2 heteroatoms. The Morgan fingerprint density at radius 3 is 1.77 bits per heavy atom. The van der Waals surface area contributed by atoms with Crippen molar-refractivity contribution in [3.63, 3.8) is 0 Å². The summed E-state index contributed by atoms with van der Waals surface area (Å²) in [4.78, 5) is 4.98. The molecule has 3 aliphatic carbocycles. The van der Waals surface area contributed by atoms with E-state index in [2.05, 4.69) is 214 Å². The largest absolute Gasteiger partial charge is 0.358 e. The van der Waals surface area contributed by atoms with Gasteiger partial charge >= 0.3 is 0 Å². The maximum atomic E-state index is 4.35. The fraction of sp³-hybridized carbons (Fsp3) is 0.200. The van der Waals surface area contributed by atoms with Crippen molar-refractivity contribution in [1.29, 1.82) is 0 Å². The van der Waals surface area contributed by atoms with E-state index in [1.54, 1.807) is 0 Å². The Kier molecular flexibility index (Phi) is 9.24. The van der Waals surface area contributed by atoms with Crippen molar-refractivity contribution in [2.45, 2.75) is 69.9 Å². The molecule has 0 fully saturated rings. The lowest BCUT2D eigenvalue weighted by molar-refractivity contribution is 0.588. The van der Waals surface area contributed by atoms with Crippen molar-refractivity contribution in [3.05, 3.63) is 216 Å². The number of benzene rings is 6. The molecule has 6 aromatic rings. The first-order chi connectivity index (χ1) is 27.8. The molecule has 0 radical (unpaired) electrons. The van der Waals surface area contributed by atoms with Crippen LogP contribution in [0.5, 0.6) is 0 Å². The fourth-order valence-corrected chi connectivity index (χ4v) is 9.74. The van der Waals surface area contributed by atoms with Crippen LogP contribution in [-0.2, 0) is 17.3 Å². The van der Waals surface area contributed by atoms with Crippen LogP contribution >= 0.6 is 0 Å². The van der Waals surface area contributed by atoms with Gasteiger partial charge in [0.2, 0.25) is 0 Å². The highest BCUT2D eigenvalue weighted by Gasteiger charge is 2.52. The van der Waals surface area contributed by atoms with Crippen LogP contribution < -0.4 is 9.80 Å². The molecule has 282 valence electrons. The minimum Gasteiger partial charge on any atom is -0.358 e. The van der Waals surface area contributed by atoms with Crippen LogP contribution in [0.3, 0.4) is 0 Å². The monoisotopic (exact) mass is 740 g/mol. The summed E-state index contributed by atoms with van der Waals surface area (Å²) in [6.07, 6.45) is 15.8. The molecule has 57 heavy (non-hydrogen) atoms. The maximum absolute atomic E-state index is 4.35. The number of hydrogen-bond donors (Lipinski definition) is 0. The minimum atomic E-state index is -0.539. The first kappa shape index (κ1) is 36.5. The van der Waals surface area contributed by atoms with Crippen LogP contribution in [0.4, 0.5) is 22.7 Å². The van der Waals surface area contributed by atoms with Gasteiger partial charge in [-0.25, -0.2) is 0 Å². The second-order valence-electron chi connectivity index (χ2n) is 16.8. The number of para-hydroxylation sites is 2. The van der Waals surface area contributed by atoms with Crippen LogP contribution in [-0.4, -0.2) is 12.1 Å². The Morgan fingerprint density at radius 1 is 0.649 bits per heavy atom. The number of rotatable bonds is 10. The van der Waals surface area contributed by atoms with Gasteiger partial charge in [0.1, 0.15) is 0 Å². The maximum Gasteiger partial charge on any atom is 0.0727 e. The summed E-state index contributed by atoms with van der Waals surface area (Å²) in [7, 11) is 0. The molecule has 0 aromatic heterocycles. The number of aryl methyl sites for hydroxylation is 1. The zero-order valence-electron chi connectivity index (χ0n) is 33.8. The molecule has 0 heterocycles. The SMILES string of the molecule is C=CCC(C=C)N(c1ccc2c(c1)C1(c3cc(CC)ccc3-c3ccc(C(C)(C)C)cc31)c1cc(N(c3ccccc3)c3ccccc3)ccc1-2)C1C=CC=CC1. The van der Waals surface area contributed by atoms with E-state index < -0.39 is 5.41 Å². The summed E-state index contributed by atoms with van der Waals surface area (Å²) in [6.45, 7) is 17.8. The van der Waals surface area contributed by atoms with Gasteiger partial charge in [-0.05, 0) is 129 Å². The van der Waals surface area contributed by atoms with Crippen molar-refractivity contribution in [2.75, 3.05) is 9.80 Å². The molecular formula is C55H52N2. The molecule has 3 atom stereocenters. The first-order valence-electron chi connectivity index (χ1n) is 20.6. The smallest absolute Gasteiger partial charge is 0.0727 e. The van der Waals surface area contributed by atoms with Crippen LogP contribution in [0.1, 0.15) is 73.9 Å². The molecule has 6 aromatic carbocycles. The zero-order valence-corrected chi connectivity index (χ0v) is 33.8. The van der Waals surface area contributed by atoms with Gasteiger partial charge in [-0.3, -0.25) is 0 Å². The molecule has 0 bridgehead atoms. The summed E-state index contributed by atoms with van der Waals surface area (Å²) in [6, 6.07) is 50.9. The molecule has 0 aliphatic heterocycles. The highest BCUT2D eigenvalue weighted by molar-refractivity contribution is 5.97. The molecule has 0 saturated carbocycles. The summed E-state index contributed by atoms with van der Waals surface area (Å²) >= 11 is 0. The van der Waals surface area contributed by atoms with E-state index in [4.69, 9.17) is 0 Å². The van der Waals surface area contributed by atoms with E-state index in [-0.39, 0.29) is 17.5 Å². The second-order valence-corrected chi connectivity index (χ2v) is 16.8. The fourth-order valence-electron chi connectivity index (χ4n) is 9.74. The average molecular weight is 741 g/mol. The second kappa shape index (κ2) is 14.4. The first-order valence-corrected chi connectivity index (χ1v) is 20.6. The lowest BCUT2D eigenvalue weighted by Crippen LogP contribution is -2.42. The Hall–Kier alpha value is -6.12. The van der Waals surface area contributed by atoms with Gasteiger partial charge in [0, 0.05) is 22.7 Å². The Bertz CT molecular complexity index is 2510. The molecule has 0 amide bonds. The molecule has 2 nitrogen and oxygen atoms in total. The molecule has 3 aliphatic rings. The zero-order chi connectivity index (χ0) is 39.3. The van der Waals surface area contributed by atoms with Gasteiger partial charge in [-0.2, -0.15) is 0 Å². The lowest BCUT2D eigenvalue weighted by atomic mass is 9.69. The normalized spacial score (nSPS) is 17.7. The summed E-state index contributed by atoms with van der Waals surface area (Å²) in [5.74, 6) is 0. The van der Waals surface area contributed by atoms with Crippen LogP contribution in [0.2, 0.25) is 0 Å². The molecule has 0 N–H and O–H groups in total. The van der Waals surface area contributed by atoms with E-state index in [0.29, 0.717) is 0 Å². The number of fused-ring (bicyclic) bond motifs is 10.